The van der Waals surface area contributed by atoms with Gasteiger partial charge >= 0.3 is 0 Å². The fourth-order valence-electron chi connectivity index (χ4n) is 2.93. The van der Waals surface area contributed by atoms with Crippen molar-refractivity contribution >= 4 is 12.0 Å². The topological polar surface area (TPSA) is 71.3 Å². The standard InChI is InChI=1S/C26H24N2O3/c1-19-8-10-21(11-9-19)18-31-24-13-12-22(15-25(24)30-2)14-23(16-27)26(29)28-17-20-6-4-3-5-7-20/h3-15H,17-18H2,1-2H3,(H,28,29)/b23-14+. The Morgan fingerprint density at radius 2 is 1.74 bits per heavy atom. The highest BCUT2D eigenvalue weighted by molar-refractivity contribution is 6.01. The van der Waals surface area contributed by atoms with Crippen LogP contribution in [0, 0.1) is 18.3 Å². The Morgan fingerprint density at radius 1 is 1.00 bits per heavy atom. The van der Waals surface area contributed by atoms with Crippen LogP contribution < -0.4 is 14.8 Å². The van der Waals surface area contributed by atoms with Crippen LogP contribution in [0.2, 0.25) is 0 Å². The van der Waals surface area contributed by atoms with Crippen LogP contribution in [0.1, 0.15) is 22.3 Å². The van der Waals surface area contributed by atoms with Gasteiger partial charge in [0, 0.05) is 6.54 Å². The molecule has 31 heavy (non-hydrogen) atoms. The number of benzene rings is 3. The predicted octanol–water partition coefficient (Wildman–Crippen LogP) is 4.81. The van der Waals surface area contributed by atoms with Gasteiger partial charge in [-0.15, -0.1) is 0 Å². The third-order valence-corrected chi connectivity index (χ3v) is 4.67. The molecule has 0 fully saturated rings. The fraction of sp³-hybridized carbons (Fsp3) is 0.154. The van der Waals surface area contributed by atoms with Crippen molar-refractivity contribution in [2.75, 3.05) is 7.11 Å². The highest BCUT2D eigenvalue weighted by Gasteiger charge is 2.11. The van der Waals surface area contributed by atoms with Crippen molar-refractivity contribution in [3.05, 3.63) is 101 Å². The monoisotopic (exact) mass is 412 g/mol. The predicted molar refractivity (Wildman–Crippen MR) is 120 cm³/mol. The minimum atomic E-state index is -0.426. The van der Waals surface area contributed by atoms with Crippen LogP contribution in [-0.2, 0) is 17.9 Å². The molecule has 156 valence electrons. The van der Waals surface area contributed by atoms with Gasteiger partial charge in [-0.3, -0.25) is 4.79 Å². The van der Waals surface area contributed by atoms with Crippen molar-refractivity contribution in [1.29, 1.82) is 5.26 Å². The van der Waals surface area contributed by atoms with Gasteiger partial charge in [-0.05, 0) is 41.8 Å². The zero-order chi connectivity index (χ0) is 22.1. The molecule has 0 heterocycles. The molecule has 0 saturated heterocycles. The van der Waals surface area contributed by atoms with Gasteiger partial charge in [-0.25, -0.2) is 0 Å². The molecule has 1 amide bonds. The van der Waals surface area contributed by atoms with E-state index in [1.807, 2.05) is 67.6 Å². The number of carbonyl (C=O) groups excluding carboxylic acids is 1. The van der Waals surface area contributed by atoms with Crippen molar-refractivity contribution in [3.8, 4) is 17.6 Å². The Labute approximate surface area is 182 Å². The van der Waals surface area contributed by atoms with E-state index in [0.717, 1.165) is 11.1 Å². The highest BCUT2D eigenvalue weighted by atomic mass is 16.5. The lowest BCUT2D eigenvalue weighted by Gasteiger charge is -2.12. The highest BCUT2D eigenvalue weighted by Crippen LogP contribution is 2.29. The Bertz CT molecular complexity index is 1100. The molecule has 0 aromatic heterocycles. The second kappa shape index (κ2) is 10.7. The summed E-state index contributed by atoms with van der Waals surface area (Å²) in [5, 5.41) is 12.2. The van der Waals surface area contributed by atoms with Crippen LogP contribution in [0.25, 0.3) is 6.08 Å². The molecule has 0 aliphatic rings. The zero-order valence-corrected chi connectivity index (χ0v) is 17.6. The number of methoxy groups -OCH3 is 1. The molecule has 3 aromatic rings. The van der Waals surface area contributed by atoms with Crippen LogP contribution in [0.15, 0.2) is 78.4 Å². The average Bonchev–Trinajstić information content (AvgIpc) is 2.81. The molecule has 5 nitrogen and oxygen atoms in total. The second-order valence-electron chi connectivity index (χ2n) is 7.02. The number of rotatable bonds is 8. The van der Waals surface area contributed by atoms with E-state index >= 15 is 0 Å². The van der Waals surface area contributed by atoms with Crippen LogP contribution in [0.4, 0.5) is 0 Å². The normalized spacial score (nSPS) is 10.8. The van der Waals surface area contributed by atoms with E-state index in [1.165, 1.54) is 11.6 Å². The minimum absolute atomic E-state index is 0.0197. The number of nitriles is 1. The Hall–Kier alpha value is -4.04. The number of ether oxygens (including phenoxy) is 2. The van der Waals surface area contributed by atoms with Gasteiger partial charge in [0.1, 0.15) is 18.2 Å². The lowest BCUT2D eigenvalue weighted by Crippen LogP contribution is -2.23. The summed E-state index contributed by atoms with van der Waals surface area (Å²) in [6, 6.07) is 24.9. The Balaban J connectivity index is 1.69. The second-order valence-corrected chi connectivity index (χ2v) is 7.02. The quantitative estimate of drug-likeness (QED) is 0.426. The Kier molecular flexibility index (Phi) is 7.45. The summed E-state index contributed by atoms with van der Waals surface area (Å²) in [7, 11) is 1.55. The molecule has 3 aromatic carbocycles. The number of amides is 1. The van der Waals surface area contributed by atoms with E-state index in [-0.39, 0.29) is 5.57 Å². The molecule has 5 heteroatoms. The molecule has 0 spiro atoms. The van der Waals surface area contributed by atoms with Gasteiger partial charge in [0.15, 0.2) is 11.5 Å². The van der Waals surface area contributed by atoms with E-state index < -0.39 is 5.91 Å². The maximum atomic E-state index is 12.4. The maximum absolute atomic E-state index is 12.4. The summed E-state index contributed by atoms with van der Waals surface area (Å²) in [4.78, 5) is 12.4. The fourth-order valence-corrected chi connectivity index (χ4v) is 2.93. The van der Waals surface area contributed by atoms with E-state index in [0.29, 0.717) is 30.2 Å². The molecule has 0 saturated carbocycles. The number of nitrogens with one attached hydrogen (secondary N) is 1. The first-order chi connectivity index (χ1) is 15.1. The number of hydrogen-bond acceptors (Lipinski definition) is 4. The lowest BCUT2D eigenvalue weighted by atomic mass is 10.1. The van der Waals surface area contributed by atoms with Crippen molar-refractivity contribution in [1.82, 2.24) is 5.32 Å². The van der Waals surface area contributed by atoms with Crippen molar-refractivity contribution < 1.29 is 14.3 Å². The smallest absolute Gasteiger partial charge is 0.262 e. The third kappa shape index (κ3) is 6.22. The molecular weight excluding hydrogens is 388 g/mol. The first-order valence-corrected chi connectivity index (χ1v) is 9.89. The van der Waals surface area contributed by atoms with Gasteiger partial charge in [0.2, 0.25) is 0 Å². The van der Waals surface area contributed by atoms with Crippen molar-refractivity contribution in [2.45, 2.75) is 20.1 Å². The number of nitrogens with zero attached hydrogens (tertiary/aromatic N) is 1. The molecule has 0 aliphatic carbocycles. The van der Waals surface area contributed by atoms with Crippen molar-refractivity contribution in [2.24, 2.45) is 0 Å². The van der Waals surface area contributed by atoms with Gasteiger partial charge < -0.3 is 14.8 Å². The van der Waals surface area contributed by atoms with E-state index in [4.69, 9.17) is 9.47 Å². The lowest BCUT2D eigenvalue weighted by molar-refractivity contribution is -0.117. The molecule has 3 rings (SSSR count). The van der Waals surface area contributed by atoms with Gasteiger partial charge in [0.05, 0.1) is 7.11 Å². The average molecular weight is 412 g/mol. The summed E-state index contributed by atoms with van der Waals surface area (Å²) < 4.78 is 11.3. The molecule has 0 unspecified atom stereocenters. The van der Waals surface area contributed by atoms with Gasteiger partial charge in [-0.2, -0.15) is 5.26 Å². The molecule has 0 bridgehead atoms. The van der Waals surface area contributed by atoms with Crippen LogP contribution in [0.5, 0.6) is 11.5 Å². The molecule has 0 radical (unpaired) electrons. The minimum Gasteiger partial charge on any atom is -0.493 e. The molecular formula is C26H24N2O3. The summed E-state index contributed by atoms with van der Waals surface area (Å²) >= 11 is 0. The SMILES string of the molecule is COc1cc(/C=C(\C#N)C(=O)NCc2ccccc2)ccc1OCc1ccc(C)cc1. The Morgan fingerprint density at radius 3 is 2.42 bits per heavy atom. The third-order valence-electron chi connectivity index (χ3n) is 4.67. The largest absolute Gasteiger partial charge is 0.493 e. The zero-order valence-electron chi connectivity index (χ0n) is 17.6. The number of hydrogen-bond donors (Lipinski definition) is 1. The summed E-state index contributed by atoms with van der Waals surface area (Å²) in [6.45, 7) is 2.81. The molecule has 1 N–H and O–H groups in total. The summed E-state index contributed by atoms with van der Waals surface area (Å²) in [6.07, 6.45) is 1.53. The summed E-state index contributed by atoms with van der Waals surface area (Å²) in [5.41, 5.74) is 3.90. The van der Waals surface area contributed by atoms with E-state index in [2.05, 4.69) is 5.32 Å². The first kappa shape index (κ1) is 21.7. The van der Waals surface area contributed by atoms with E-state index in [9.17, 15) is 10.1 Å². The van der Waals surface area contributed by atoms with Gasteiger partial charge in [-0.1, -0.05) is 66.2 Å². The number of carbonyl (C=O) groups is 1. The van der Waals surface area contributed by atoms with Crippen LogP contribution >= 0.6 is 0 Å². The van der Waals surface area contributed by atoms with Crippen LogP contribution in [0.3, 0.4) is 0 Å². The van der Waals surface area contributed by atoms with E-state index in [1.54, 1.807) is 25.3 Å². The maximum Gasteiger partial charge on any atom is 0.262 e. The van der Waals surface area contributed by atoms with Gasteiger partial charge in [0.25, 0.3) is 5.91 Å². The number of aryl methyl sites for hydroxylation is 1. The molecule has 0 aliphatic heterocycles. The summed E-state index contributed by atoms with van der Waals surface area (Å²) in [5.74, 6) is 0.695. The van der Waals surface area contributed by atoms with Crippen molar-refractivity contribution in [3.63, 3.8) is 0 Å². The molecule has 0 atom stereocenters. The van der Waals surface area contributed by atoms with Crippen LogP contribution in [-0.4, -0.2) is 13.0 Å². The first-order valence-electron chi connectivity index (χ1n) is 9.89.